The van der Waals surface area contributed by atoms with Gasteiger partial charge in [-0.2, -0.15) is 0 Å². The van der Waals surface area contributed by atoms with Crippen molar-refractivity contribution < 1.29 is 18.3 Å². The summed E-state index contributed by atoms with van der Waals surface area (Å²) < 4.78 is 29.4. The maximum atomic E-state index is 11.7. The highest BCUT2D eigenvalue weighted by Gasteiger charge is 2.16. The van der Waals surface area contributed by atoms with E-state index >= 15 is 0 Å². The first-order valence-corrected chi connectivity index (χ1v) is 9.68. The molecule has 2 aromatic carbocycles. The van der Waals surface area contributed by atoms with Crippen molar-refractivity contribution in [3.8, 4) is 0 Å². The van der Waals surface area contributed by atoms with Crippen LogP contribution in [-0.2, 0) is 22.5 Å². The van der Waals surface area contributed by atoms with E-state index in [-0.39, 0.29) is 12.6 Å². The van der Waals surface area contributed by atoms with Crippen molar-refractivity contribution in [1.82, 2.24) is 9.21 Å². The van der Waals surface area contributed by atoms with Gasteiger partial charge in [0.1, 0.15) is 0 Å². The number of hydrogen-bond donors (Lipinski definition) is 0. The van der Waals surface area contributed by atoms with Gasteiger partial charge >= 0.3 is 5.97 Å². The van der Waals surface area contributed by atoms with Crippen molar-refractivity contribution in [1.29, 1.82) is 0 Å². The molecule has 0 amide bonds. The molecule has 7 heteroatoms. The maximum Gasteiger partial charge on any atom is 0.337 e. The van der Waals surface area contributed by atoms with Crippen molar-refractivity contribution in [2.24, 2.45) is 0 Å². The van der Waals surface area contributed by atoms with Crippen LogP contribution in [0.1, 0.15) is 33.9 Å². The Morgan fingerprint density at radius 2 is 1.74 bits per heavy atom. The summed E-state index contributed by atoms with van der Waals surface area (Å²) in [5.74, 6) is -0.414. The van der Waals surface area contributed by atoms with Gasteiger partial charge in [0.25, 0.3) is 0 Å². The van der Waals surface area contributed by atoms with Crippen LogP contribution < -0.4 is 0 Å². The Kier molecular flexibility index (Phi) is 8.12. The zero-order valence-corrected chi connectivity index (χ0v) is 16.6. The predicted molar refractivity (Wildman–Crippen MR) is 105 cm³/mol. The molecule has 0 aliphatic heterocycles. The van der Waals surface area contributed by atoms with Crippen LogP contribution in [0, 0.1) is 0 Å². The summed E-state index contributed by atoms with van der Waals surface area (Å²) in [6.07, 6.45) is 0.672. The second kappa shape index (κ2) is 10.3. The number of carbonyl (C=O) groups is 1. The SMILES string of the molecule is COC(=O)c1ccc(CN(CCC(c2ccccc2)N(C)C)S(=O)[O-])cc1. The Morgan fingerprint density at radius 3 is 2.26 bits per heavy atom. The Balaban J connectivity index is 2.04. The van der Waals surface area contributed by atoms with Gasteiger partial charge in [-0.15, -0.1) is 0 Å². The Bertz CT molecular complexity index is 750. The zero-order chi connectivity index (χ0) is 19.8. The van der Waals surface area contributed by atoms with E-state index in [1.54, 1.807) is 24.3 Å². The molecule has 0 saturated heterocycles. The third kappa shape index (κ3) is 6.25. The minimum atomic E-state index is -2.33. The lowest BCUT2D eigenvalue weighted by molar-refractivity contribution is 0.0600. The van der Waals surface area contributed by atoms with Crippen LogP contribution in [0.4, 0.5) is 0 Å². The molecule has 2 aromatic rings. The summed E-state index contributed by atoms with van der Waals surface area (Å²) in [6.45, 7) is 0.652. The van der Waals surface area contributed by atoms with Gasteiger partial charge in [0.05, 0.1) is 12.7 Å². The quantitative estimate of drug-likeness (QED) is 0.487. The van der Waals surface area contributed by atoms with Gasteiger partial charge in [0, 0.05) is 30.4 Å². The van der Waals surface area contributed by atoms with E-state index in [0.717, 1.165) is 11.1 Å². The van der Waals surface area contributed by atoms with E-state index in [2.05, 4.69) is 21.8 Å². The molecule has 2 rings (SSSR count). The molecule has 0 radical (unpaired) electrons. The molecule has 146 valence electrons. The number of methoxy groups -OCH3 is 1. The maximum absolute atomic E-state index is 11.7. The lowest BCUT2D eigenvalue weighted by Crippen LogP contribution is -2.30. The third-order valence-electron chi connectivity index (χ3n) is 4.40. The summed E-state index contributed by atoms with van der Waals surface area (Å²) in [6, 6.07) is 16.9. The van der Waals surface area contributed by atoms with Crippen LogP contribution in [-0.4, -0.2) is 51.7 Å². The van der Waals surface area contributed by atoms with Crippen LogP contribution in [0.15, 0.2) is 54.6 Å². The standard InChI is InChI=1S/C20H26N2O4S/c1-21(2)19(17-7-5-4-6-8-17)13-14-22(27(24)25)15-16-9-11-18(12-10-16)20(23)26-3/h4-12,19H,13-15H2,1-3H3,(H,24,25)/p-1. The molecule has 27 heavy (non-hydrogen) atoms. The predicted octanol–water partition coefficient (Wildman–Crippen LogP) is 2.76. The number of rotatable bonds is 9. The highest BCUT2D eigenvalue weighted by atomic mass is 32.2. The molecule has 0 aliphatic rings. The molecule has 6 nitrogen and oxygen atoms in total. The summed E-state index contributed by atoms with van der Waals surface area (Å²) in [5.41, 5.74) is 2.40. The van der Waals surface area contributed by atoms with E-state index in [0.29, 0.717) is 18.5 Å². The Hall–Kier alpha value is -2.06. The van der Waals surface area contributed by atoms with Gasteiger partial charge in [0.2, 0.25) is 0 Å². The number of benzene rings is 2. The van der Waals surface area contributed by atoms with E-state index in [1.807, 2.05) is 32.3 Å². The number of hydrogen-bond acceptors (Lipinski definition) is 5. The molecular weight excluding hydrogens is 364 g/mol. The topological polar surface area (TPSA) is 72.9 Å². The molecule has 2 unspecified atom stereocenters. The number of carbonyl (C=O) groups excluding carboxylic acids is 1. The van der Waals surface area contributed by atoms with Crippen LogP contribution >= 0.6 is 0 Å². The normalized spacial score (nSPS) is 13.6. The fourth-order valence-electron chi connectivity index (χ4n) is 2.94. The number of esters is 1. The first-order chi connectivity index (χ1) is 12.9. The highest BCUT2D eigenvalue weighted by Crippen LogP contribution is 2.22. The fraction of sp³-hybridized carbons (Fsp3) is 0.350. The van der Waals surface area contributed by atoms with Crippen LogP contribution in [0.3, 0.4) is 0 Å². The lowest BCUT2D eigenvalue weighted by atomic mass is 10.0. The van der Waals surface area contributed by atoms with E-state index < -0.39 is 17.2 Å². The molecule has 0 bridgehead atoms. The molecule has 0 heterocycles. The van der Waals surface area contributed by atoms with Gasteiger partial charge in [-0.05, 0) is 43.8 Å². The van der Waals surface area contributed by atoms with Crippen LogP contribution in [0.2, 0.25) is 0 Å². The molecular formula is C20H25N2O4S-. The number of ether oxygens (including phenoxy) is 1. The average molecular weight is 389 g/mol. The molecule has 0 aromatic heterocycles. The smallest absolute Gasteiger partial charge is 0.337 e. The largest absolute Gasteiger partial charge is 0.760 e. The van der Waals surface area contributed by atoms with Gasteiger partial charge in [-0.25, -0.2) is 9.10 Å². The summed E-state index contributed by atoms with van der Waals surface area (Å²) in [7, 11) is 5.30. The second-order valence-electron chi connectivity index (χ2n) is 6.45. The van der Waals surface area contributed by atoms with Crippen LogP contribution in [0.5, 0.6) is 0 Å². The minimum Gasteiger partial charge on any atom is -0.760 e. The second-order valence-corrected chi connectivity index (χ2v) is 7.40. The Labute approximate surface area is 163 Å². The van der Waals surface area contributed by atoms with Crippen molar-refractivity contribution >= 4 is 17.2 Å². The zero-order valence-electron chi connectivity index (χ0n) is 15.8. The van der Waals surface area contributed by atoms with E-state index in [9.17, 15) is 13.6 Å². The third-order valence-corrected chi connectivity index (χ3v) is 5.14. The summed E-state index contributed by atoms with van der Waals surface area (Å²) in [4.78, 5) is 13.6. The van der Waals surface area contributed by atoms with Crippen molar-refractivity contribution in [3.63, 3.8) is 0 Å². The van der Waals surface area contributed by atoms with Gasteiger partial charge < -0.3 is 14.2 Å². The fourth-order valence-corrected chi connectivity index (χ4v) is 3.45. The highest BCUT2D eigenvalue weighted by molar-refractivity contribution is 7.76. The van der Waals surface area contributed by atoms with Gasteiger partial charge in [-0.1, -0.05) is 42.5 Å². The van der Waals surface area contributed by atoms with E-state index in [4.69, 9.17) is 0 Å². The lowest BCUT2D eigenvalue weighted by Gasteiger charge is -2.29. The molecule has 0 saturated carbocycles. The van der Waals surface area contributed by atoms with Crippen molar-refractivity contribution in [2.75, 3.05) is 27.7 Å². The molecule has 0 aliphatic carbocycles. The first-order valence-electron chi connectivity index (χ1n) is 8.65. The minimum absolute atomic E-state index is 0.124. The van der Waals surface area contributed by atoms with Gasteiger partial charge in [-0.3, -0.25) is 4.21 Å². The molecule has 0 N–H and O–H groups in total. The van der Waals surface area contributed by atoms with Gasteiger partial charge in [0.15, 0.2) is 0 Å². The van der Waals surface area contributed by atoms with Crippen molar-refractivity contribution in [2.45, 2.75) is 19.0 Å². The van der Waals surface area contributed by atoms with E-state index in [1.165, 1.54) is 11.4 Å². The van der Waals surface area contributed by atoms with Crippen LogP contribution in [0.25, 0.3) is 0 Å². The average Bonchev–Trinajstić information content (AvgIpc) is 2.67. The monoisotopic (exact) mass is 389 g/mol. The van der Waals surface area contributed by atoms with Crippen molar-refractivity contribution in [3.05, 3.63) is 71.3 Å². The number of nitrogens with zero attached hydrogens (tertiary/aromatic N) is 2. The summed E-state index contributed by atoms with van der Waals surface area (Å²) >= 11 is -2.33. The molecule has 0 fully saturated rings. The molecule has 2 atom stereocenters. The first kappa shape index (κ1) is 21.2. The Morgan fingerprint density at radius 1 is 1.11 bits per heavy atom. The summed E-state index contributed by atoms with van der Waals surface area (Å²) in [5, 5.41) is 0. The molecule has 0 spiro atoms.